The highest BCUT2D eigenvalue weighted by Crippen LogP contribution is 2.18. The Bertz CT molecular complexity index is 1120. The van der Waals surface area contributed by atoms with Crippen molar-refractivity contribution in [1.82, 2.24) is 19.7 Å². The number of carbonyl (C=O) groups is 1. The van der Waals surface area contributed by atoms with Crippen LogP contribution in [0.25, 0.3) is 16.7 Å². The number of carbonyl (C=O) groups excluding carboxylic acids is 1. The molecule has 0 saturated heterocycles. The maximum atomic E-state index is 12.6. The second-order valence-electron chi connectivity index (χ2n) is 6.04. The normalized spacial score (nSPS) is 10.8. The van der Waals surface area contributed by atoms with E-state index in [1.165, 1.54) is 0 Å². The van der Waals surface area contributed by atoms with Crippen LogP contribution < -0.4 is 5.32 Å². The summed E-state index contributed by atoms with van der Waals surface area (Å²) in [4.78, 5) is 21.5. The van der Waals surface area contributed by atoms with Crippen LogP contribution in [0.15, 0.2) is 60.8 Å². The van der Waals surface area contributed by atoms with Crippen LogP contribution in [-0.4, -0.2) is 25.7 Å². The highest BCUT2D eigenvalue weighted by Gasteiger charge is 2.16. The zero-order valence-corrected chi connectivity index (χ0v) is 14.5. The average molecular weight is 343 g/mol. The first kappa shape index (κ1) is 16.0. The molecule has 26 heavy (non-hydrogen) atoms. The van der Waals surface area contributed by atoms with Crippen LogP contribution >= 0.6 is 0 Å². The summed E-state index contributed by atoms with van der Waals surface area (Å²) < 4.78 is 1.67. The van der Waals surface area contributed by atoms with Gasteiger partial charge in [-0.3, -0.25) is 4.79 Å². The van der Waals surface area contributed by atoms with Crippen molar-refractivity contribution in [2.75, 3.05) is 5.32 Å². The second kappa shape index (κ2) is 6.40. The van der Waals surface area contributed by atoms with Gasteiger partial charge in [0.1, 0.15) is 5.82 Å². The van der Waals surface area contributed by atoms with Gasteiger partial charge in [0.2, 0.25) is 0 Å². The predicted molar refractivity (Wildman–Crippen MR) is 101 cm³/mol. The van der Waals surface area contributed by atoms with E-state index in [1.807, 2.05) is 62.4 Å². The number of nitrogens with zero attached hydrogens (tertiary/aromatic N) is 4. The van der Waals surface area contributed by atoms with Gasteiger partial charge < -0.3 is 5.32 Å². The number of rotatable bonds is 3. The number of hydrogen-bond acceptors (Lipinski definition) is 4. The Kier molecular flexibility index (Phi) is 3.93. The lowest BCUT2D eigenvalue weighted by molar-refractivity contribution is 0.102. The maximum Gasteiger partial charge on any atom is 0.260 e. The van der Waals surface area contributed by atoms with Gasteiger partial charge >= 0.3 is 0 Å². The number of para-hydroxylation sites is 1. The van der Waals surface area contributed by atoms with Crippen molar-refractivity contribution >= 4 is 22.6 Å². The summed E-state index contributed by atoms with van der Waals surface area (Å²) in [5.74, 6) is 0.951. The van der Waals surface area contributed by atoms with Crippen molar-refractivity contribution in [1.29, 1.82) is 0 Å². The van der Waals surface area contributed by atoms with Gasteiger partial charge in [0.15, 0.2) is 5.82 Å². The summed E-state index contributed by atoms with van der Waals surface area (Å²) in [6.45, 7) is 3.73. The lowest BCUT2D eigenvalue weighted by Crippen LogP contribution is -2.14. The van der Waals surface area contributed by atoms with Crippen molar-refractivity contribution in [2.24, 2.45) is 0 Å². The van der Waals surface area contributed by atoms with Crippen LogP contribution in [0, 0.1) is 13.8 Å². The molecule has 4 aromatic rings. The number of amides is 1. The lowest BCUT2D eigenvalue weighted by Gasteiger charge is -2.07. The number of nitrogens with one attached hydrogen (secondary N) is 1. The van der Waals surface area contributed by atoms with Crippen LogP contribution in [0.4, 0.5) is 5.82 Å². The third-order valence-electron chi connectivity index (χ3n) is 4.19. The summed E-state index contributed by atoms with van der Waals surface area (Å²) in [6, 6.07) is 17.3. The zero-order chi connectivity index (χ0) is 18.1. The lowest BCUT2D eigenvalue weighted by atomic mass is 10.2. The van der Waals surface area contributed by atoms with Gasteiger partial charge in [0.25, 0.3) is 5.91 Å². The molecule has 1 aromatic carbocycles. The standard InChI is InChI=1S/C20H17N5O/c1-13-6-5-9-18(22-13)24-20(26)16-12-21-25(14(16)2)19-11-10-15-7-3-4-8-17(15)23-19/h3-12H,1-2H3,(H,22,24,26). The molecule has 1 N–H and O–H groups in total. The van der Waals surface area contributed by atoms with Crippen molar-refractivity contribution < 1.29 is 4.79 Å². The van der Waals surface area contributed by atoms with E-state index in [0.29, 0.717) is 17.2 Å². The van der Waals surface area contributed by atoms with E-state index in [-0.39, 0.29) is 5.91 Å². The molecule has 0 saturated carbocycles. The first-order chi connectivity index (χ1) is 12.6. The van der Waals surface area contributed by atoms with Crippen LogP contribution in [0.3, 0.4) is 0 Å². The predicted octanol–water partition coefficient (Wildman–Crippen LogP) is 3.68. The molecule has 3 heterocycles. The number of aryl methyl sites for hydroxylation is 1. The van der Waals surface area contributed by atoms with Crippen LogP contribution in [0.1, 0.15) is 21.7 Å². The molecule has 0 radical (unpaired) electrons. The summed E-state index contributed by atoms with van der Waals surface area (Å²) in [6.07, 6.45) is 1.55. The van der Waals surface area contributed by atoms with Gasteiger partial charge in [0, 0.05) is 11.1 Å². The number of hydrogen-bond donors (Lipinski definition) is 1. The van der Waals surface area contributed by atoms with Crippen molar-refractivity contribution in [3.8, 4) is 5.82 Å². The molecule has 0 aliphatic heterocycles. The molecular weight excluding hydrogens is 326 g/mol. The maximum absolute atomic E-state index is 12.6. The van der Waals surface area contributed by atoms with Gasteiger partial charge in [-0.25, -0.2) is 14.6 Å². The van der Waals surface area contributed by atoms with Crippen molar-refractivity contribution in [3.05, 3.63) is 77.7 Å². The van der Waals surface area contributed by atoms with E-state index in [2.05, 4.69) is 20.4 Å². The molecule has 6 heteroatoms. The third-order valence-corrected chi connectivity index (χ3v) is 4.19. The Labute approximate surface area is 150 Å². The molecule has 4 rings (SSSR count). The third kappa shape index (κ3) is 2.93. The number of benzene rings is 1. The van der Waals surface area contributed by atoms with E-state index in [0.717, 1.165) is 22.3 Å². The van der Waals surface area contributed by atoms with Gasteiger partial charge in [0.05, 0.1) is 23.0 Å². The minimum absolute atomic E-state index is 0.243. The first-order valence-electron chi connectivity index (χ1n) is 8.27. The summed E-state index contributed by atoms with van der Waals surface area (Å²) in [5, 5.41) is 8.22. The first-order valence-corrected chi connectivity index (χ1v) is 8.27. The van der Waals surface area contributed by atoms with E-state index < -0.39 is 0 Å². The Morgan fingerprint density at radius 2 is 1.81 bits per heavy atom. The zero-order valence-electron chi connectivity index (χ0n) is 14.5. The minimum atomic E-state index is -0.243. The molecule has 0 bridgehead atoms. The Morgan fingerprint density at radius 1 is 0.962 bits per heavy atom. The number of aromatic nitrogens is 4. The van der Waals surface area contributed by atoms with Crippen LogP contribution in [0.5, 0.6) is 0 Å². The van der Waals surface area contributed by atoms with E-state index in [4.69, 9.17) is 0 Å². The fourth-order valence-electron chi connectivity index (χ4n) is 2.83. The Hall–Kier alpha value is -3.54. The van der Waals surface area contributed by atoms with Crippen molar-refractivity contribution in [3.63, 3.8) is 0 Å². The number of anilines is 1. The molecule has 0 aliphatic carbocycles. The molecule has 0 spiro atoms. The number of pyridine rings is 2. The summed E-state index contributed by atoms with van der Waals surface area (Å²) >= 11 is 0. The van der Waals surface area contributed by atoms with E-state index in [1.54, 1.807) is 16.9 Å². The molecule has 3 aromatic heterocycles. The molecule has 0 atom stereocenters. The molecule has 0 fully saturated rings. The van der Waals surface area contributed by atoms with Crippen molar-refractivity contribution in [2.45, 2.75) is 13.8 Å². The molecule has 0 unspecified atom stereocenters. The smallest absolute Gasteiger partial charge is 0.260 e. The SMILES string of the molecule is Cc1cccc(NC(=O)c2cnn(-c3ccc4ccccc4n3)c2C)n1. The Morgan fingerprint density at radius 3 is 2.65 bits per heavy atom. The molecule has 0 aliphatic rings. The molecular formula is C20H17N5O. The highest BCUT2D eigenvalue weighted by molar-refractivity contribution is 6.04. The van der Waals surface area contributed by atoms with Gasteiger partial charge in [-0.05, 0) is 44.2 Å². The molecule has 6 nitrogen and oxygen atoms in total. The number of fused-ring (bicyclic) bond motifs is 1. The van der Waals surface area contributed by atoms with E-state index in [9.17, 15) is 4.79 Å². The average Bonchev–Trinajstić information content (AvgIpc) is 3.03. The highest BCUT2D eigenvalue weighted by atomic mass is 16.1. The molecule has 1 amide bonds. The summed E-state index contributed by atoms with van der Waals surface area (Å²) in [7, 11) is 0. The van der Waals surface area contributed by atoms with Crippen LogP contribution in [-0.2, 0) is 0 Å². The van der Waals surface area contributed by atoms with Gasteiger partial charge in [-0.15, -0.1) is 0 Å². The van der Waals surface area contributed by atoms with Gasteiger partial charge in [-0.1, -0.05) is 24.3 Å². The monoisotopic (exact) mass is 343 g/mol. The largest absolute Gasteiger partial charge is 0.306 e. The fourth-order valence-corrected chi connectivity index (χ4v) is 2.83. The van der Waals surface area contributed by atoms with Gasteiger partial charge in [-0.2, -0.15) is 5.10 Å². The quantitative estimate of drug-likeness (QED) is 0.616. The fraction of sp³-hybridized carbons (Fsp3) is 0.100. The van der Waals surface area contributed by atoms with E-state index >= 15 is 0 Å². The Balaban J connectivity index is 1.65. The van der Waals surface area contributed by atoms with Crippen LogP contribution in [0.2, 0.25) is 0 Å². The summed E-state index contributed by atoms with van der Waals surface area (Å²) in [5.41, 5.74) is 2.94. The molecule has 128 valence electrons. The minimum Gasteiger partial charge on any atom is -0.306 e. The topological polar surface area (TPSA) is 72.7 Å². The second-order valence-corrected chi connectivity index (χ2v) is 6.04.